The van der Waals surface area contributed by atoms with E-state index < -0.39 is 0 Å². The van der Waals surface area contributed by atoms with Gasteiger partial charge in [0.25, 0.3) is 0 Å². The first-order chi connectivity index (χ1) is 6.68. The SMILES string of the molecule is CC1CCC(=O)CC1N1CCNC1=O. The van der Waals surface area contributed by atoms with Crippen LogP contribution in [0.5, 0.6) is 0 Å². The maximum atomic E-state index is 11.4. The van der Waals surface area contributed by atoms with Gasteiger partial charge in [-0.3, -0.25) is 4.79 Å². The second kappa shape index (κ2) is 3.59. The van der Waals surface area contributed by atoms with Crippen LogP contribution in [0.2, 0.25) is 0 Å². The predicted molar refractivity (Wildman–Crippen MR) is 51.9 cm³/mol. The first kappa shape index (κ1) is 9.49. The number of hydrogen-bond acceptors (Lipinski definition) is 2. The fraction of sp³-hybridized carbons (Fsp3) is 0.800. The van der Waals surface area contributed by atoms with E-state index in [2.05, 4.69) is 12.2 Å². The third-order valence-electron chi connectivity index (χ3n) is 3.26. The minimum Gasteiger partial charge on any atom is -0.336 e. The summed E-state index contributed by atoms with van der Waals surface area (Å²) in [6.07, 6.45) is 2.16. The molecule has 0 aromatic rings. The quantitative estimate of drug-likeness (QED) is 0.673. The van der Waals surface area contributed by atoms with Crippen molar-refractivity contribution in [2.75, 3.05) is 13.1 Å². The van der Waals surface area contributed by atoms with E-state index in [4.69, 9.17) is 0 Å². The fourth-order valence-corrected chi connectivity index (χ4v) is 2.34. The molecule has 78 valence electrons. The van der Waals surface area contributed by atoms with Gasteiger partial charge in [0.2, 0.25) is 0 Å². The van der Waals surface area contributed by atoms with Gasteiger partial charge in [0.15, 0.2) is 0 Å². The molecule has 0 spiro atoms. The van der Waals surface area contributed by atoms with Crippen molar-refractivity contribution in [2.24, 2.45) is 5.92 Å². The lowest BCUT2D eigenvalue weighted by Crippen LogP contribution is -2.45. The molecule has 2 fully saturated rings. The molecular formula is C10H16N2O2. The minimum atomic E-state index is -0.00319. The van der Waals surface area contributed by atoms with Crippen LogP contribution < -0.4 is 5.32 Å². The van der Waals surface area contributed by atoms with Crippen LogP contribution in [0.4, 0.5) is 4.79 Å². The van der Waals surface area contributed by atoms with Crippen LogP contribution in [0.3, 0.4) is 0 Å². The summed E-state index contributed by atoms with van der Waals surface area (Å²) in [6.45, 7) is 3.60. The molecule has 4 heteroatoms. The molecular weight excluding hydrogens is 180 g/mol. The molecule has 4 nitrogen and oxygen atoms in total. The monoisotopic (exact) mass is 196 g/mol. The summed E-state index contributed by atoms with van der Waals surface area (Å²) in [6, 6.07) is 0.135. The van der Waals surface area contributed by atoms with Crippen molar-refractivity contribution in [3.8, 4) is 0 Å². The van der Waals surface area contributed by atoms with Gasteiger partial charge in [-0.25, -0.2) is 4.79 Å². The van der Waals surface area contributed by atoms with Crippen molar-refractivity contribution in [3.05, 3.63) is 0 Å². The van der Waals surface area contributed by atoms with Crippen molar-refractivity contribution >= 4 is 11.8 Å². The van der Waals surface area contributed by atoms with Gasteiger partial charge in [-0.05, 0) is 12.3 Å². The van der Waals surface area contributed by atoms with Crippen LogP contribution >= 0.6 is 0 Å². The Kier molecular flexibility index (Phi) is 2.44. The largest absolute Gasteiger partial charge is 0.336 e. The molecule has 2 unspecified atom stereocenters. The highest BCUT2D eigenvalue weighted by atomic mass is 16.2. The van der Waals surface area contributed by atoms with E-state index in [1.54, 1.807) is 0 Å². The third-order valence-corrected chi connectivity index (χ3v) is 3.26. The number of nitrogens with zero attached hydrogens (tertiary/aromatic N) is 1. The Morgan fingerprint density at radius 1 is 1.43 bits per heavy atom. The normalized spacial score (nSPS) is 33.4. The Hall–Kier alpha value is -1.06. The Bertz CT molecular complexity index is 265. The predicted octanol–water partition coefficient (Wildman–Crippen LogP) is 0.769. The zero-order valence-electron chi connectivity index (χ0n) is 8.45. The molecule has 2 amide bonds. The fourth-order valence-electron chi connectivity index (χ4n) is 2.34. The first-order valence-electron chi connectivity index (χ1n) is 5.24. The van der Waals surface area contributed by atoms with E-state index in [9.17, 15) is 9.59 Å². The number of urea groups is 1. The smallest absolute Gasteiger partial charge is 0.317 e. The molecule has 1 heterocycles. The van der Waals surface area contributed by atoms with E-state index in [1.807, 2.05) is 4.90 Å². The highest BCUT2D eigenvalue weighted by Gasteiger charge is 2.35. The van der Waals surface area contributed by atoms with Crippen LogP contribution in [0.15, 0.2) is 0 Å². The molecule has 0 radical (unpaired) electrons. The molecule has 2 atom stereocenters. The van der Waals surface area contributed by atoms with Crippen LogP contribution in [-0.4, -0.2) is 35.8 Å². The van der Waals surface area contributed by atoms with Crippen molar-refractivity contribution in [1.82, 2.24) is 10.2 Å². The molecule has 1 N–H and O–H groups in total. The number of Topliss-reactive ketones (excluding diaryl/α,β-unsaturated/α-hetero) is 1. The van der Waals surface area contributed by atoms with Gasteiger partial charge in [-0.1, -0.05) is 6.92 Å². The Morgan fingerprint density at radius 2 is 2.21 bits per heavy atom. The molecule has 0 aromatic heterocycles. The van der Waals surface area contributed by atoms with Crippen molar-refractivity contribution < 1.29 is 9.59 Å². The zero-order chi connectivity index (χ0) is 10.1. The van der Waals surface area contributed by atoms with Crippen molar-refractivity contribution in [2.45, 2.75) is 32.2 Å². The van der Waals surface area contributed by atoms with E-state index in [-0.39, 0.29) is 12.1 Å². The molecule has 1 saturated carbocycles. The highest BCUT2D eigenvalue weighted by molar-refractivity contribution is 5.82. The average molecular weight is 196 g/mol. The Labute approximate surface area is 83.6 Å². The maximum Gasteiger partial charge on any atom is 0.317 e. The van der Waals surface area contributed by atoms with Crippen molar-refractivity contribution in [3.63, 3.8) is 0 Å². The lowest BCUT2D eigenvalue weighted by Gasteiger charge is -2.34. The maximum absolute atomic E-state index is 11.4. The van der Waals surface area contributed by atoms with E-state index in [0.717, 1.165) is 19.5 Å². The van der Waals surface area contributed by atoms with Crippen LogP contribution in [0, 0.1) is 5.92 Å². The van der Waals surface area contributed by atoms with Crippen LogP contribution in [-0.2, 0) is 4.79 Å². The zero-order valence-corrected chi connectivity index (χ0v) is 8.45. The average Bonchev–Trinajstić information content (AvgIpc) is 2.56. The summed E-state index contributed by atoms with van der Waals surface area (Å²) in [7, 11) is 0. The summed E-state index contributed by atoms with van der Waals surface area (Å²) in [5.41, 5.74) is 0. The number of carbonyl (C=O) groups excluding carboxylic acids is 2. The van der Waals surface area contributed by atoms with Gasteiger partial charge in [-0.2, -0.15) is 0 Å². The third kappa shape index (κ3) is 1.61. The lowest BCUT2D eigenvalue weighted by molar-refractivity contribution is -0.122. The van der Waals surface area contributed by atoms with Gasteiger partial charge in [-0.15, -0.1) is 0 Å². The molecule has 2 aliphatic rings. The summed E-state index contributed by atoms with van der Waals surface area (Å²) in [4.78, 5) is 24.6. The molecule has 0 aromatic carbocycles. The van der Waals surface area contributed by atoms with Gasteiger partial charge in [0.1, 0.15) is 5.78 Å². The molecule has 2 rings (SSSR count). The lowest BCUT2D eigenvalue weighted by atomic mass is 9.84. The van der Waals surface area contributed by atoms with Gasteiger partial charge >= 0.3 is 6.03 Å². The van der Waals surface area contributed by atoms with E-state index in [0.29, 0.717) is 24.5 Å². The number of nitrogens with one attached hydrogen (secondary N) is 1. The summed E-state index contributed by atoms with van der Waals surface area (Å²) in [5, 5.41) is 2.78. The van der Waals surface area contributed by atoms with Gasteiger partial charge in [0.05, 0.1) is 0 Å². The van der Waals surface area contributed by atoms with Crippen molar-refractivity contribution in [1.29, 1.82) is 0 Å². The number of amides is 2. The Morgan fingerprint density at radius 3 is 2.86 bits per heavy atom. The summed E-state index contributed by atoms with van der Waals surface area (Å²) in [5.74, 6) is 0.754. The standard InChI is InChI=1S/C10H16N2O2/c1-7-2-3-8(13)6-9(7)12-5-4-11-10(12)14/h7,9H,2-6H2,1H3,(H,11,14). The van der Waals surface area contributed by atoms with Crippen LogP contribution in [0.1, 0.15) is 26.2 Å². The highest BCUT2D eigenvalue weighted by Crippen LogP contribution is 2.26. The Balaban J connectivity index is 2.07. The number of carbonyl (C=O) groups is 2. The topological polar surface area (TPSA) is 49.4 Å². The second-order valence-electron chi connectivity index (χ2n) is 4.25. The van der Waals surface area contributed by atoms with Gasteiger partial charge in [0, 0.05) is 32.0 Å². The number of hydrogen-bond donors (Lipinski definition) is 1. The van der Waals surface area contributed by atoms with E-state index >= 15 is 0 Å². The molecule has 1 saturated heterocycles. The molecule has 1 aliphatic heterocycles. The summed E-state index contributed by atoms with van der Waals surface area (Å²) >= 11 is 0. The molecule has 0 bridgehead atoms. The number of ketones is 1. The van der Waals surface area contributed by atoms with Crippen LogP contribution in [0.25, 0.3) is 0 Å². The minimum absolute atomic E-state index is 0.00319. The number of rotatable bonds is 1. The molecule has 1 aliphatic carbocycles. The summed E-state index contributed by atoms with van der Waals surface area (Å²) < 4.78 is 0. The first-order valence-corrected chi connectivity index (χ1v) is 5.24. The second-order valence-corrected chi connectivity index (χ2v) is 4.25. The molecule has 14 heavy (non-hydrogen) atoms. The van der Waals surface area contributed by atoms with E-state index in [1.165, 1.54) is 0 Å². The van der Waals surface area contributed by atoms with Gasteiger partial charge < -0.3 is 10.2 Å².